The Kier molecular flexibility index (Phi) is 4.26. The number of carbonyl (C=O) groups excluding carboxylic acids is 1. The molecule has 1 aliphatic heterocycles. The molecule has 0 bridgehead atoms. The number of amides is 1. The molecule has 3 rings (SSSR count). The minimum absolute atomic E-state index is 0.00922. The predicted molar refractivity (Wildman–Crippen MR) is 85.4 cm³/mol. The van der Waals surface area contributed by atoms with Gasteiger partial charge in [-0.15, -0.1) is 0 Å². The first-order valence-corrected chi connectivity index (χ1v) is 7.95. The lowest BCUT2D eigenvalue weighted by molar-refractivity contribution is 0.0672. The Morgan fingerprint density at radius 3 is 2.87 bits per heavy atom. The molecule has 6 heteroatoms. The molecule has 1 amide bonds. The fourth-order valence-electron chi connectivity index (χ4n) is 3.33. The first-order valence-electron chi connectivity index (χ1n) is 7.95. The van der Waals surface area contributed by atoms with Crippen LogP contribution in [-0.2, 0) is 17.8 Å². The van der Waals surface area contributed by atoms with Crippen LogP contribution in [0.2, 0.25) is 0 Å². The van der Waals surface area contributed by atoms with E-state index in [0.29, 0.717) is 31.0 Å². The molecule has 0 fully saturated rings. The number of nitrogens with zero attached hydrogens (tertiary/aromatic N) is 3. The van der Waals surface area contributed by atoms with E-state index in [2.05, 4.69) is 12.0 Å². The van der Waals surface area contributed by atoms with Gasteiger partial charge in [0.2, 0.25) is 0 Å². The summed E-state index contributed by atoms with van der Waals surface area (Å²) in [5.74, 6) is 1.59. The molecule has 2 aromatic rings. The van der Waals surface area contributed by atoms with Gasteiger partial charge in [-0.05, 0) is 26.8 Å². The predicted octanol–water partition coefficient (Wildman–Crippen LogP) is 2.50. The van der Waals surface area contributed by atoms with Crippen molar-refractivity contribution >= 4 is 5.91 Å². The fourth-order valence-corrected chi connectivity index (χ4v) is 3.33. The van der Waals surface area contributed by atoms with Gasteiger partial charge < -0.3 is 14.1 Å². The Hall–Kier alpha value is -2.08. The minimum Gasteiger partial charge on any atom is -0.466 e. The highest BCUT2D eigenvalue weighted by molar-refractivity contribution is 5.95. The van der Waals surface area contributed by atoms with Gasteiger partial charge in [0.1, 0.15) is 11.5 Å². The quantitative estimate of drug-likeness (QED) is 0.869. The van der Waals surface area contributed by atoms with Gasteiger partial charge in [-0.2, -0.15) is 5.10 Å². The van der Waals surface area contributed by atoms with E-state index in [1.165, 1.54) is 5.56 Å². The van der Waals surface area contributed by atoms with Crippen LogP contribution in [-0.4, -0.2) is 40.8 Å². The highest BCUT2D eigenvalue weighted by Gasteiger charge is 2.32. The van der Waals surface area contributed by atoms with Gasteiger partial charge in [-0.3, -0.25) is 9.48 Å². The first-order chi connectivity index (χ1) is 11.0. The van der Waals surface area contributed by atoms with Crippen molar-refractivity contribution in [2.75, 3.05) is 20.3 Å². The number of aryl methyl sites for hydroxylation is 3. The van der Waals surface area contributed by atoms with Crippen LogP contribution in [0.1, 0.15) is 46.0 Å². The molecule has 6 nitrogen and oxygen atoms in total. The van der Waals surface area contributed by atoms with Crippen molar-refractivity contribution in [3.05, 3.63) is 40.6 Å². The summed E-state index contributed by atoms with van der Waals surface area (Å²) < 4.78 is 12.8. The molecule has 124 valence electrons. The monoisotopic (exact) mass is 317 g/mol. The molecule has 23 heavy (non-hydrogen) atoms. The second kappa shape index (κ2) is 6.20. The SMILES string of the molecule is CCn1ncc2c1CN(C(=O)c1cc(C)oc1C)C[C@@H]2COC. The van der Waals surface area contributed by atoms with Gasteiger partial charge in [0, 0.05) is 31.7 Å². The summed E-state index contributed by atoms with van der Waals surface area (Å²) in [4.78, 5) is 14.8. The highest BCUT2D eigenvalue weighted by Crippen LogP contribution is 2.30. The summed E-state index contributed by atoms with van der Waals surface area (Å²) in [7, 11) is 1.69. The smallest absolute Gasteiger partial charge is 0.257 e. The summed E-state index contributed by atoms with van der Waals surface area (Å²) in [6.45, 7) is 8.33. The zero-order valence-corrected chi connectivity index (χ0v) is 14.1. The average Bonchev–Trinajstić information content (AvgIpc) is 3.09. The number of rotatable bonds is 4. The Labute approximate surface area is 136 Å². The van der Waals surface area contributed by atoms with Crippen LogP contribution in [0.3, 0.4) is 0 Å². The maximum absolute atomic E-state index is 12.9. The molecular weight excluding hydrogens is 294 g/mol. The standard InChI is InChI=1S/C17H23N3O3/c1-5-20-16-9-19(8-13(10-22-4)15(16)7-18-20)17(21)14-6-11(2)23-12(14)3/h6-7,13H,5,8-10H2,1-4H3/t13-/m1/s1. The summed E-state index contributed by atoms with van der Waals surface area (Å²) in [6, 6.07) is 1.82. The van der Waals surface area contributed by atoms with Crippen molar-refractivity contribution in [2.45, 2.75) is 39.8 Å². The van der Waals surface area contributed by atoms with E-state index >= 15 is 0 Å². The molecule has 3 heterocycles. The number of ether oxygens (including phenoxy) is 1. The molecule has 2 aromatic heterocycles. The molecular formula is C17H23N3O3. The lowest BCUT2D eigenvalue weighted by Gasteiger charge is -2.33. The maximum atomic E-state index is 12.9. The van der Waals surface area contributed by atoms with Crippen LogP contribution in [0.15, 0.2) is 16.7 Å². The van der Waals surface area contributed by atoms with E-state index in [0.717, 1.165) is 18.0 Å². The molecule has 0 saturated carbocycles. The van der Waals surface area contributed by atoms with Gasteiger partial charge in [-0.1, -0.05) is 0 Å². The van der Waals surface area contributed by atoms with Gasteiger partial charge in [-0.25, -0.2) is 0 Å². The lowest BCUT2D eigenvalue weighted by atomic mass is 9.95. The van der Waals surface area contributed by atoms with E-state index in [9.17, 15) is 4.79 Å². The summed E-state index contributed by atoms with van der Waals surface area (Å²) in [6.07, 6.45) is 1.91. The number of methoxy groups -OCH3 is 1. The number of fused-ring (bicyclic) bond motifs is 1. The van der Waals surface area contributed by atoms with Crippen molar-refractivity contribution in [1.82, 2.24) is 14.7 Å². The molecule has 0 radical (unpaired) electrons. The fraction of sp³-hybridized carbons (Fsp3) is 0.529. The van der Waals surface area contributed by atoms with E-state index in [4.69, 9.17) is 9.15 Å². The molecule has 1 atom stereocenters. The highest BCUT2D eigenvalue weighted by atomic mass is 16.5. The molecule has 0 N–H and O–H groups in total. The number of carbonyl (C=O) groups is 1. The number of hydrogen-bond acceptors (Lipinski definition) is 4. The molecule has 0 spiro atoms. The van der Waals surface area contributed by atoms with Crippen molar-refractivity contribution in [3.63, 3.8) is 0 Å². The minimum atomic E-state index is 0.00922. The van der Waals surface area contributed by atoms with Crippen LogP contribution in [0.25, 0.3) is 0 Å². The Morgan fingerprint density at radius 2 is 2.26 bits per heavy atom. The van der Waals surface area contributed by atoms with E-state index in [-0.39, 0.29) is 11.8 Å². The van der Waals surface area contributed by atoms with E-state index in [1.807, 2.05) is 35.7 Å². The third-order valence-corrected chi connectivity index (χ3v) is 4.43. The van der Waals surface area contributed by atoms with Crippen molar-refractivity contribution < 1.29 is 13.9 Å². The van der Waals surface area contributed by atoms with Crippen LogP contribution in [0, 0.1) is 13.8 Å². The average molecular weight is 317 g/mol. The van der Waals surface area contributed by atoms with Gasteiger partial charge in [0.05, 0.1) is 30.6 Å². The number of hydrogen-bond donors (Lipinski definition) is 0. The third-order valence-electron chi connectivity index (χ3n) is 4.43. The summed E-state index contributed by atoms with van der Waals surface area (Å²) in [5.41, 5.74) is 2.94. The maximum Gasteiger partial charge on any atom is 0.257 e. The summed E-state index contributed by atoms with van der Waals surface area (Å²) in [5, 5.41) is 4.44. The third kappa shape index (κ3) is 2.79. The van der Waals surface area contributed by atoms with Crippen LogP contribution in [0.4, 0.5) is 0 Å². The number of aromatic nitrogens is 2. The van der Waals surface area contributed by atoms with Crippen LogP contribution >= 0.6 is 0 Å². The zero-order valence-electron chi connectivity index (χ0n) is 14.1. The van der Waals surface area contributed by atoms with Crippen molar-refractivity contribution in [2.24, 2.45) is 0 Å². The number of furan rings is 1. The first kappa shape index (κ1) is 15.8. The largest absolute Gasteiger partial charge is 0.466 e. The van der Waals surface area contributed by atoms with Gasteiger partial charge in [0.15, 0.2) is 0 Å². The molecule has 0 unspecified atom stereocenters. The Balaban J connectivity index is 1.92. The van der Waals surface area contributed by atoms with E-state index in [1.54, 1.807) is 7.11 Å². The molecule has 0 saturated heterocycles. The van der Waals surface area contributed by atoms with Crippen molar-refractivity contribution in [1.29, 1.82) is 0 Å². The summed E-state index contributed by atoms with van der Waals surface area (Å²) >= 11 is 0. The molecule has 0 aromatic carbocycles. The normalized spacial score (nSPS) is 17.4. The van der Waals surface area contributed by atoms with Gasteiger partial charge >= 0.3 is 0 Å². The Bertz CT molecular complexity index is 717. The molecule has 0 aliphatic carbocycles. The van der Waals surface area contributed by atoms with Crippen LogP contribution < -0.4 is 0 Å². The zero-order chi connectivity index (χ0) is 16.6. The van der Waals surface area contributed by atoms with Crippen LogP contribution in [0.5, 0.6) is 0 Å². The Morgan fingerprint density at radius 1 is 1.48 bits per heavy atom. The second-order valence-corrected chi connectivity index (χ2v) is 6.03. The van der Waals surface area contributed by atoms with Crippen molar-refractivity contribution in [3.8, 4) is 0 Å². The van der Waals surface area contributed by atoms with E-state index < -0.39 is 0 Å². The molecule has 1 aliphatic rings. The second-order valence-electron chi connectivity index (χ2n) is 6.03. The topological polar surface area (TPSA) is 60.5 Å². The van der Waals surface area contributed by atoms with Gasteiger partial charge in [0.25, 0.3) is 5.91 Å². The lowest BCUT2D eigenvalue weighted by Crippen LogP contribution is -2.40.